The van der Waals surface area contributed by atoms with Crippen molar-refractivity contribution in [2.45, 2.75) is 13.1 Å². The van der Waals surface area contributed by atoms with Gasteiger partial charge in [0.05, 0.1) is 0 Å². The molecular weight excluding hydrogens is 164 g/mol. The fourth-order valence-corrected chi connectivity index (χ4v) is 1.12. The third-order valence-electron chi connectivity index (χ3n) is 1.71. The number of rotatable bonds is 3. The molecule has 1 rings (SSSR count). The predicted octanol–water partition coefficient (Wildman–Crippen LogP) is 1.06. The summed E-state index contributed by atoms with van der Waals surface area (Å²) in [6, 6.07) is 9.66. The lowest BCUT2D eigenvalue weighted by Gasteiger charge is -2.15. The van der Waals surface area contributed by atoms with E-state index in [1.165, 1.54) is 6.92 Å². The first kappa shape index (κ1) is 9.74. The molecule has 0 heterocycles. The van der Waals surface area contributed by atoms with Gasteiger partial charge in [-0.25, -0.2) is 5.32 Å². The number of carbonyl (C=O) groups excluding carboxylic acids is 1. The number of benzene rings is 1. The minimum Gasteiger partial charge on any atom is -0.336 e. The Morgan fingerprint density at radius 2 is 2.00 bits per heavy atom. The van der Waals surface area contributed by atoms with Crippen LogP contribution in [0.4, 0.5) is 0 Å². The molecule has 1 unspecified atom stereocenters. The van der Waals surface area contributed by atoms with E-state index >= 15 is 0 Å². The number of amides is 1. The second-order valence-corrected chi connectivity index (χ2v) is 2.77. The molecule has 0 aliphatic carbocycles. The Labute approximate surface area is 78.2 Å². The molecule has 1 amide bonds. The first-order chi connectivity index (χ1) is 6.24. The van der Waals surface area contributed by atoms with Gasteiger partial charge in [0.25, 0.3) is 0 Å². The molecule has 0 spiro atoms. The van der Waals surface area contributed by atoms with Gasteiger partial charge in [-0.15, -0.1) is 0 Å². The lowest BCUT2D eigenvalue weighted by Crippen LogP contribution is -2.31. The lowest BCUT2D eigenvalue weighted by molar-refractivity contribution is -0.119. The second-order valence-electron chi connectivity index (χ2n) is 2.77. The van der Waals surface area contributed by atoms with Gasteiger partial charge in [-0.05, 0) is 5.56 Å². The summed E-state index contributed by atoms with van der Waals surface area (Å²) in [4.78, 5) is 10.8. The molecule has 1 atom stereocenters. The predicted molar refractivity (Wildman–Crippen MR) is 51.1 cm³/mol. The zero-order valence-electron chi connectivity index (χ0n) is 7.82. The summed E-state index contributed by atoms with van der Waals surface area (Å²) >= 11 is 0. The fraction of sp³-hybridized carbons (Fsp3) is 0.300. The highest BCUT2D eigenvalue weighted by Crippen LogP contribution is 2.08. The van der Waals surface area contributed by atoms with Crippen LogP contribution in [0.25, 0.3) is 0 Å². The Morgan fingerprint density at radius 3 is 2.46 bits per heavy atom. The van der Waals surface area contributed by atoms with Gasteiger partial charge in [-0.1, -0.05) is 30.3 Å². The van der Waals surface area contributed by atoms with E-state index in [-0.39, 0.29) is 12.1 Å². The Hall–Kier alpha value is -1.35. The van der Waals surface area contributed by atoms with Crippen molar-refractivity contribution in [1.29, 1.82) is 0 Å². The monoisotopic (exact) mass is 177 g/mol. The highest BCUT2D eigenvalue weighted by atomic mass is 16.1. The van der Waals surface area contributed by atoms with Crippen molar-refractivity contribution >= 4 is 5.91 Å². The molecule has 1 aromatic carbocycles. The van der Waals surface area contributed by atoms with Crippen LogP contribution < -0.4 is 10.6 Å². The van der Waals surface area contributed by atoms with Crippen LogP contribution in [-0.2, 0) is 4.79 Å². The standard InChI is InChI=1S/C10H13N2O/c1-8(13)12-10(11-2)9-6-4-3-5-7-9/h3-7,10H,1-2H3,(H,12,13). The van der Waals surface area contributed by atoms with Crippen LogP contribution in [0.15, 0.2) is 30.3 Å². The van der Waals surface area contributed by atoms with Crippen LogP contribution >= 0.6 is 0 Å². The minimum atomic E-state index is -0.223. The smallest absolute Gasteiger partial charge is 0.218 e. The molecule has 0 bridgehead atoms. The van der Waals surface area contributed by atoms with Crippen molar-refractivity contribution < 1.29 is 4.79 Å². The van der Waals surface area contributed by atoms with Crippen molar-refractivity contribution in [1.82, 2.24) is 10.6 Å². The molecule has 0 aromatic heterocycles. The maximum absolute atomic E-state index is 10.8. The van der Waals surface area contributed by atoms with E-state index in [9.17, 15) is 4.79 Å². The molecule has 0 saturated carbocycles. The van der Waals surface area contributed by atoms with E-state index in [1.54, 1.807) is 7.05 Å². The van der Waals surface area contributed by atoms with Gasteiger partial charge in [-0.3, -0.25) is 4.79 Å². The van der Waals surface area contributed by atoms with E-state index in [0.717, 1.165) is 5.56 Å². The van der Waals surface area contributed by atoms with Crippen molar-refractivity contribution in [3.63, 3.8) is 0 Å². The normalized spacial score (nSPS) is 12.2. The lowest BCUT2D eigenvalue weighted by atomic mass is 10.2. The molecule has 13 heavy (non-hydrogen) atoms. The van der Waals surface area contributed by atoms with E-state index < -0.39 is 0 Å². The largest absolute Gasteiger partial charge is 0.336 e. The Kier molecular flexibility index (Phi) is 3.46. The van der Waals surface area contributed by atoms with E-state index in [2.05, 4.69) is 10.6 Å². The SMILES string of the molecule is C[N]C(NC(C)=O)c1ccccc1. The Morgan fingerprint density at radius 1 is 1.38 bits per heavy atom. The first-order valence-electron chi connectivity index (χ1n) is 4.15. The maximum atomic E-state index is 10.8. The third-order valence-corrected chi connectivity index (χ3v) is 1.71. The van der Waals surface area contributed by atoms with Crippen LogP contribution in [0.1, 0.15) is 18.7 Å². The first-order valence-corrected chi connectivity index (χ1v) is 4.15. The zero-order chi connectivity index (χ0) is 9.68. The number of hydrogen-bond acceptors (Lipinski definition) is 1. The molecule has 69 valence electrons. The van der Waals surface area contributed by atoms with Crippen LogP contribution in [-0.4, -0.2) is 13.0 Å². The van der Waals surface area contributed by atoms with Crippen LogP contribution in [0.2, 0.25) is 0 Å². The highest BCUT2D eigenvalue weighted by molar-refractivity contribution is 5.73. The Balaban J connectivity index is 2.73. The summed E-state index contributed by atoms with van der Waals surface area (Å²) in [5, 5.41) is 6.81. The zero-order valence-corrected chi connectivity index (χ0v) is 7.82. The summed E-state index contributed by atoms with van der Waals surface area (Å²) < 4.78 is 0. The van der Waals surface area contributed by atoms with E-state index in [0.29, 0.717) is 0 Å². The minimum absolute atomic E-state index is 0.0700. The quantitative estimate of drug-likeness (QED) is 0.737. The molecule has 0 fully saturated rings. The van der Waals surface area contributed by atoms with Gasteiger partial charge in [0, 0.05) is 14.0 Å². The summed E-state index contributed by atoms with van der Waals surface area (Å²) in [7, 11) is 1.69. The molecule has 1 radical (unpaired) electrons. The van der Waals surface area contributed by atoms with Crippen LogP contribution in [0.5, 0.6) is 0 Å². The summed E-state index contributed by atoms with van der Waals surface area (Å²) in [6.45, 7) is 1.49. The molecule has 0 saturated heterocycles. The van der Waals surface area contributed by atoms with Crippen LogP contribution in [0, 0.1) is 0 Å². The molecule has 0 aliphatic heterocycles. The van der Waals surface area contributed by atoms with Gasteiger partial charge >= 0.3 is 0 Å². The number of nitrogens with zero attached hydrogens (tertiary/aromatic N) is 1. The van der Waals surface area contributed by atoms with Crippen molar-refractivity contribution in [2.75, 3.05) is 7.05 Å². The average molecular weight is 177 g/mol. The van der Waals surface area contributed by atoms with Gasteiger partial charge in [0.1, 0.15) is 6.17 Å². The molecule has 0 aliphatic rings. The summed E-state index contributed by atoms with van der Waals surface area (Å²) in [5.74, 6) is -0.0700. The van der Waals surface area contributed by atoms with Crippen molar-refractivity contribution in [2.24, 2.45) is 0 Å². The maximum Gasteiger partial charge on any atom is 0.218 e. The molecular formula is C10H13N2O. The highest BCUT2D eigenvalue weighted by Gasteiger charge is 2.09. The fourth-order valence-electron chi connectivity index (χ4n) is 1.12. The number of carbonyl (C=O) groups is 1. The molecule has 1 N–H and O–H groups in total. The summed E-state index contributed by atoms with van der Waals surface area (Å²) in [6.07, 6.45) is -0.223. The van der Waals surface area contributed by atoms with Gasteiger partial charge in [-0.2, -0.15) is 0 Å². The molecule has 3 heteroatoms. The summed E-state index contributed by atoms with van der Waals surface area (Å²) in [5.41, 5.74) is 1.00. The van der Waals surface area contributed by atoms with Gasteiger partial charge in [0.15, 0.2) is 0 Å². The molecule has 1 aromatic rings. The number of hydrogen-bond donors (Lipinski definition) is 1. The topological polar surface area (TPSA) is 43.2 Å². The van der Waals surface area contributed by atoms with Crippen molar-refractivity contribution in [3.05, 3.63) is 35.9 Å². The van der Waals surface area contributed by atoms with E-state index in [4.69, 9.17) is 0 Å². The van der Waals surface area contributed by atoms with E-state index in [1.807, 2.05) is 30.3 Å². The second kappa shape index (κ2) is 4.62. The number of nitrogens with one attached hydrogen (secondary N) is 1. The molecule has 3 nitrogen and oxygen atoms in total. The van der Waals surface area contributed by atoms with Gasteiger partial charge < -0.3 is 5.32 Å². The van der Waals surface area contributed by atoms with Gasteiger partial charge in [0.2, 0.25) is 5.91 Å². The van der Waals surface area contributed by atoms with Crippen molar-refractivity contribution in [3.8, 4) is 0 Å². The Bertz CT molecular complexity index is 272. The average Bonchev–Trinajstić information content (AvgIpc) is 2.15. The van der Waals surface area contributed by atoms with Crippen LogP contribution in [0.3, 0.4) is 0 Å². The third kappa shape index (κ3) is 2.87.